The summed E-state index contributed by atoms with van der Waals surface area (Å²) in [5.41, 5.74) is -0.436. The molecule has 0 bridgehead atoms. The summed E-state index contributed by atoms with van der Waals surface area (Å²) in [5, 5.41) is 0. The van der Waals surface area contributed by atoms with Crippen LogP contribution in [0.4, 0.5) is 0 Å². The molecule has 2 rings (SSSR count). The first-order valence-electron chi connectivity index (χ1n) is 11.0. The minimum atomic E-state index is -0.436. The van der Waals surface area contributed by atoms with Crippen molar-refractivity contribution >= 4 is 18.4 Å². The maximum Gasteiger partial charge on any atom is 0.311 e. The third-order valence-corrected chi connectivity index (χ3v) is 5.01. The number of benzene rings is 1. The number of unbranched alkanes of at least 4 members (excludes halogenated alkanes) is 3. The molecule has 6 nitrogen and oxygen atoms in total. The van der Waals surface area contributed by atoms with E-state index < -0.39 is 5.41 Å². The average Bonchev–Trinajstić information content (AvgIpc) is 3.25. The molecular weight excluding hydrogens is 416 g/mol. The Morgan fingerprint density at radius 3 is 2.13 bits per heavy atom. The fourth-order valence-electron chi connectivity index (χ4n) is 3.10. The predicted molar refractivity (Wildman–Crippen MR) is 125 cm³/mol. The molecule has 0 unspecified atom stereocenters. The van der Waals surface area contributed by atoms with Crippen LogP contribution in [0.1, 0.15) is 59.3 Å². The van der Waals surface area contributed by atoms with Crippen molar-refractivity contribution in [1.29, 1.82) is 0 Å². The van der Waals surface area contributed by atoms with Crippen LogP contribution < -0.4 is 9.47 Å². The van der Waals surface area contributed by atoms with Gasteiger partial charge < -0.3 is 18.8 Å². The van der Waals surface area contributed by atoms with Crippen LogP contribution in [0, 0.1) is 5.41 Å². The topological polar surface area (TPSA) is 62.6 Å². The van der Waals surface area contributed by atoms with Crippen LogP contribution in [0.5, 0.6) is 11.5 Å². The Hall–Kier alpha value is -2.21. The molecule has 0 fully saturated rings. The van der Waals surface area contributed by atoms with E-state index in [4.69, 9.17) is 14.2 Å². The molecule has 31 heavy (non-hydrogen) atoms. The van der Waals surface area contributed by atoms with Gasteiger partial charge >= 0.3 is 5.97 Å². The molecule has 0 radical (unpaired) electrons. The summed E-state index contributed by atoms with van der Waals surface area (Å²) in [5.74, 6) is 1.58. The summed E-state index contributed by atoms with van der Waals surface area (Å²) in [6.07, 6.45) is 11.6. The smallest absolute Gasteiger partial charge is 0.311 e. The number of hydrogen-bond donors (Lipinski definition) is 0. The molecule has 0 aliphatic rings. The lowest BCUT2D eigenvalue weighted by molar-refractivity contribution is -0.153. The van der Waals surface area contributed by atoms with E-state index in [-0.39, 0.29) is 18.4 Å². The summed E-state index contributed by atoms with van der Waals surface area (Å²) < 4.78 is 18.8. The SMILES string of the molecule is CCOC(=O)C(C)(C)CCCCOc1ccc(OCCCCCn2ccnc2)cc1.Cl. The minimum Gasteiger partial charge on any atom is -0.494 e. The zero-order chi connectivity index (χ0) is 21.7. The molecule has 0 spiro atoms. The van der Waals surface area contributed by atoms with Gasteiger partial charge in [-0.05, 0) is 83.6 Å². The van der Waals surface area contributed by atoms with Crippen LogP contribution in [0.25, 0.3) is 0 Å². The molecule has 0 amide bonds. The van der Waals surface area contributed by atoms with Crippen LogP contribution in [0.2, 0.25) is 0 Å². The van der Waals surface area contributed by atoms with Gasteiger partial charge in [-0.15, -0.1) is 12.4 Å². The van der Waals surface area contributed by atoms with Crippen molar-refractivity contribution in [2.75, 3.05) is 19.8 Å². The second-order valence-corrected chi connectivity index (χ2v) is 8.09. The summed E-state index contributed by atoms with van der Waals surface area (Å²) in [6, 6.07) is 7.78. The van der Waals surface area contributed by atoms with Crippen molar-refractivity contribution < 1.29 is 19.0 Å². The van der Waals surface area contributed by atoms with Gasteiger partial charge in [0.1, 0.15) is 11.5 Å². The number of aromatic nitrogens is 2. The van der Waals surface area contributed by atoms with Gasteiger partial charge in [-0.25, -0.2) is 4.98 Å². The lowest BCUT2D eigenvalue weighted by Gasteiger charge is -2.21. The van der Waals surface area contributed by atoms with Gasteiger partial charge in [-0.1, -0.05) is 0 Å². The standard InChI is InChI=1S/C24H36N2O4.ClH/c1-4-28-23(27)24(2,3)14-6-9-19-30-22-12-10-21(11-13-22)29-18-8-5-7-16-26-17-15-25-20-26;/h10-13,15,17,20H,4-9,14,16,18-19H2,1-3H3;1H. The van der Waals surface area contributed by atoms with E-state index >= 15 is 0 Å². The molecule has 1 aromatic heterocycles. The van der Waals surface area contributed by atoms with Crippen molar-refractivity contribution in [3.8, 4) is 11.5 Å². The predicted octanol–water partition coefficient (Wildman–Crippen LogP) is 5.69. The van der Waals surface area contributed by atoms with Gasteiger partial charge in [0.15, 0.2) is 0 Å². The third-order valence-electron chi connectivity index (χ3n) is 5.01. The maximum absolute atomic E-state index is 11.9. The molecule has 174 valence electrons. The van der Waals surface area contributed by atoms with Crippen LogP contribution in [-0.2, 0) is 16.1 Å². The number of ether oxygens (including phenoxy) is 3. The molecule has 0 N–H and O–H groups in total. The Labute approximate surface area is 192 Å². The number of halogens is 1. The van der Waals surface area contributed by atoms with Gasteiger partial charge in [-0.3, -0.25) is 4.79 Å². The number of nitrogens with zero attached hydrogens (tertiary/aromatic N) is 2. The Balaban J connectivity index is 0.00000480. The summed E-state index contributed by atoms with van der Waals surface area (Å²) >= 11 is 0. The molecule has 0 saturated carbocycles. The summed E-state index contributed by atoms with van der Waals surface area (Å²) in [6.45, 7) is 8.50. The average molecular weight is 453 g/mol. The van der Waals surface area contributed by atoms with E-state index in [2.05, 4.69) is 9.55 Å². The van der Waals surface area contributed by atoms with Crippen LogP contribution >= 0.6 is 12.4 Å². The third kappa shape index (κ3) is 10.6. The number of esters is 1. The highest BCUT2D eigenvalue weighted by atomic mass is 35.5. The van der Waals surface area contributed by atoms with Gasteiger partial charge in [-0.2, -0.15) is 0 Å². The molecule has 0 atom stereocenters. The van der Waals surface area contributed by atoms with Crippen LogP contribution in [0.3, 0.4) is 0 Å². The fraction of sp³-hybridized carbons (Fsp3) is 0.583. The quantitative estimate of drug-likeness (QED) is 0.256. The van der Waals surface area contributed by atoms with E-state index in [1.165, 1.54) is 0 Å². The first-order valence-corrected chi connectivity index (χ1v) is 11.0. The second kappa shape index (κ2) is 14.7. The number of rotatable bonds is 15. The van der Waals surface area contributed by atoms with E-state index in [0.717, 1.165) is 63.2 Å². The highest BCUT2D eigenvalue weighted by Crippen LogP contribution is 2.25. The largest absolute Gasteiger partial charge is 0.494 e. The van der Waals surface area contributed by atoms with Gasteiger partial charge in [0.05, 0.1) is 31.6 Å². The normalized spacial score (nSPS) is 10.9. The molecule has 0 aliphatic heterocycles. The molecule has 0 saturated heterocycles. The molecular formula is C24H37ClN2O4. The zero-order valence-corrected chi connectivity index (χ0v) is 19.9. The number of imidazole rings is 1. The number of aryl methyl sites for hydroxylation is 1. The molecule has 0 aliphatic carbocycles. The first-order chi connectivity index (χ1) is 14.5. The van der Waals surface area contributed by atoms with Crippen molar-refractivity contribution in [3.63, 3.8) is 0 Å². The highest BCUT2D eigenvalue weighted by molar-refractivity contribution is 5.85. The molecule has 1 heterocycles. The van der Waals surface area contributed by atoms with Crippen LogP contribution in [-0.4, -0.2) is 35.3 Å². The number of carbonyl (C=O) groups is 1. The van der Waals surface area contributed by atoms with Crippen molar-refractivity contribution in [2.24, 2.45) is 5.41 Å². The van der Waals surface area contributed by atoms with Gasteiger partial charge in [0.25, 0.3) is 0 Å². The van der Waals surface area contributed by atoms with E-state index in [1.54, 1.807) is 0 Å². The lowest BCUT2D eigenvalue weighted by atomic mass is 9.87. The summed E-state index contributed by atoms with van der Waals surface area (Å²) in [7, 11) is 0. The number of carbonyl (C=O) groups excluding carboxylic acids is 1. The van der Waals surface area contributed by atoms with Crippen LogP contribution in [0.15, 0.2) is 43.0 Å². The monoisotopic (exact) mass is 452 g/mol. The fourth-order valence-corrected chi connectivity index (χ4v) is 3.10. The van der Waals surface area contributed by atoms with Crippen molar-refractivity contribution in [3.05, 3.63) is 43.0 Å². The first kappa shape index (κ1) is 26.8. The highest BCUT2D eigenvalue weighted by Gasteiger charge is 2.28. The zero-order valence-electron chi connectivity index (χ0n) is 19.0. The van der Waals surface area contributed by atoms with Crippen molar-refractivity contribution in [2.45, 2.75) is 65.8 Å². The van der Waals surface area contributed by atoms with E-state index in [9.17, 15) is 4.79 Å². The molecule has 7 heteroatoms. The summed E-state index contributed by atoms with van der Waals surface area (Å²) in [4.78, 5) is 15.9. The Kier molecular flexibility index (Phi) is 12.8. The minimum absolute atomic E-state index is 0. The second-order valence-electron chi connectivity index (χ2n) is 8.09. The lowest BCUT2D eigenvalue weighted by Crippen LogP contribution is -2.26. The van der Waals surface area contributed by atoms with Gasteiger partial charge in [0.2, 0.25) is 0 Å². The Morgan fingerprint density at radius 2 is 1.58 bits per heavy atom. The molecule has 2 aromatic rings. The Morgan fingerprint density at radius 1 is 0.968 bits per heavy atom. The number of hydrogen-bond acceptors (Lipinski definition) is 5. The Bertz CT molecular complexity index is 718. The van der Waals surface area contributed by atoms with E-state index in [1.807, 2.05) is 63.8 Å². The van der Waals surface area contributed by atoms with Gasteiger partial charge in [0, 0.05) is 18.9 Å². The molecule has 1 aromatic carbocycles. The maximum atomic E-state index is 11.9. The van der Waals surface area contributed by atoms with Crippen molar-refractivity contribution in [1.82, 2.24) is 9.55 Å². The van der Waals surface area contributed by atoms with E-state index in [0.29, 0.717) is 13.2 Å².